The lowest BCUT2D eigenvalue weighted by atomic mass is 10.1. The highest BCUT2D eigenvalue weighted by Crippen LogP contribution is 2.32. The average Bonchev–Trinajstić information content (AvgIpc) is 1.52. The van der Waals surface area contributed by atoms with Crippen molar-refractivity contribution in [3.63, 3.8) is 0 Å². The largest absolute Gasteiger partial charge is 0.300 e. The van der Waals surface area contributed by atoms with E-state index in [0.717, 1.165) is 110 Å². The van der Waals surface area contributed by atoms with Crippen LogP contribution in [0, 0.1) is 35.5 Å². The Morgan fingerprint density at radius 1 is 0.391 bits per heavy atom. The van der Waals surface area contributed by atoms with Crippen molar-refractivity contribution in [2.24, 2.45) is 35.5 Å². The molecular weight excluding hydrogens is 1300 g/mol. The average molecular weight is 1400 g/mol. The van der Waals surface area contributed by atoms with Gasteiger partial charge < -0.3 is 43.2 Å². The summed E-state index contributed by atoms with van der Waals surface area (Å²) in [7, 11) is -9.93. The van der Waals surface area contributed by atoms with Gasteiger partial charge in [-0.25, -0.2) is 25.3 Å². The van der Waals surface area contributed by atoms with Crippen molar-refractivity contribution >= 4 is 149 Å². The number of thioether (sulfide) groups is 3. The van der Waals surface area contributed by atoms with Gasteiger partial charge in [-0.1, -0.05) is 0 Å². The molecule has 0 bridgehead atoms. The summed E-state index contributed by atoms with van der Waals surface area (Å²) >= 11 is 5.92. The Kier molecular flexibility index (Phi) is 42.2. The minimum atomic E-state index is -2.77. The highest BCUT2D eigenvalue weighted by molar-refractivity contribution is 8.01. The summed E-state index contributed by atoms with van der Waals surface area (Å²) < 4.78 is 96.2. The molecule has 0 aromatic heterocycles. The fourth-order valence-corrected chi connectivity index (χ4v) is 20.1. The predicted molar refractivity (Wildman–Crippen MR) is 359 cm³/mol. The minimum absolute atomic E-state index is 0.0760. The van der Waals surface area contributed by atoms with Crippen molar-refractivity contribution in [1.29, 1.82) is 0 Å². The number of sulfone groups is 3. The number of carbonyl (C=O) groups excluding carboxylic acids is 9. The summed E-state index contributed by atoms with van der Waals surface area (Å²) in [6.07, 6.45) is 14.1. The van der Waals surface area contributed by atoms with Crippen LogP contribution in [0.25, 0.3) is 0 Å². The van der Waals surface area contributed by atoms with E-state index in [0.29, 0.717) is 96.6 Å². The van der Waals surface area contributed by atoms with Crippen LogP contribution in [0.2, 0.25) is 0 Å². The SMILES string of the molecule is CC(=O)CC1CS(=O)(=O)C1.CC(=O)CC1CS(=O)C1.CC(=O)CC1CSC1.CC(=O)CCC1CCS1.CC(=O)CCC1CCS1(=O)=O.CC(=O)CCC1CCS1=O.CC(=O)CCC1CS(=O)(=O)C1.CC(=O)CCC1CS(=O)C1.CC(=O)CCC1CSC1. The number of Topliss-reactive ketones (excluding diaryl/α,β-unsaturated/α-hetero) is 9. The first-order valence-corrected chi connectivity index (χ1v) is 43.4. The number of hydrogen-bond donors (Lipinski definition) is 0. The molecule has 18 nitrogen and oxygen atoms in total. The molecule has 0 aromatic rings. The quantitative estimate of drug-likeness (QED) is 0.0889. The zero-order valence-corrected chi connectivity index (χ0v) is 60.4. The second-order valence-corrected chi connectivity index (χ2v) is 39.9. The van der Waals surface area contributed by atoms with E-state index in [1.807, 2.05) is 35.3 Å². The molecule has 27 heteroatoms. The molecular formula is C60H102O18S9. The number of ketones is 9. The van der Waals surface area contributed by atoms with Crippen LogP contribution >= 0.6 is 35.3 Å². The third-order valence-corrected chi connectivity index (χ3v) is 30.7. The van der Waals surface area contributed by atoms with Gasteiger partial charge in [-0.2, -0.15) is 35.3 Å². The van der Waals surface area contributed by atoms with Gasteiger partial charge in [-0.05, 0) is 184 Å². The maximum Gasteiger partial charge on any atom is 0.153 e. The van der Waals surface area contributed by atoms with Crippen molar-refractivity contribution in [2.75, 3.05) is 86.3 Å². The molecule has 0 saturated carbocycles. The van der Waals surface area contributed by atoms with Crippen molar-refractivity contribution in [1.82, 2.24) is 0 Å². The molecule has 0 amide bonds. The Balaban J connectivity index is 0.000000490. The smallest absolute Gasteiger partial charge is 0.153 e. The van der Waals surface area contributed by atoms with Crippen LogP contribution in [0.15, 0.2) is 0 Å². The van der Waals surface area contributed by atoms with E-state index in [1.165, 1.54) is 56.0 Å². The lowest BCUT2D eigenvalue weighted by molar-refractivity contribution is -0.118. The highest BCUT2D eigenvalue weighted by Gasteiger charge is 2.36. The Morgan fingerprint density at radius 2 is 0.747 bits per heavy atom. The van der Waals surface area contributed by atoms with Crippen LogP contribution in [0.4, 0.5) is 0 Å². The van der Waals surface area contributed by atoms with Crippen molar-refractivity contribution in [3.8, 4) is 0 Å². The molecule has 9 aliphatic heterocycles. The normalized spacial score (nSPS) is 26.2. The summed E-state index contributed by atoms with van der Waals surface area (Å²) in [6, 6.07) is 0. The molecule has 87 heavy (non-hydrogen) atoms. The maximum atomic E-state index is 10.9. The molecule has 9 aliphatic rings. The second kappa shape index (κ2) is 44.1. The second-order valence-electron chi connectivity index (χ2n) is 24.7. The van der Waals surface area contributed by atoms with Crippen molar-refractivity contribution in [2.45, 2.75) is 194 Å². The molecule has 9 heterocycles. The van der Waals surface area contributed by atoms with Crippen LogP contribution < -0.4 is 0 Å². The van der Waals surface area contributed by atoms with Gasteiger partial charge in [-0.3, -0.25) is 12.6 Å². The molecule has 0 N–H and O–H groups in total. The van der Waals surface area contributed by atoms with E-state index in [9.17, 15) is 81.0 Å². The molecule has 504 valence electrons. The van der Waals surface area contributed by atoms with Crippen LogP contribution in [0.1, 0.15) is 178 Å². The first kappa shape index (κ1) is 83.4. The van der Waals surface area contributed by atoms with Crippen LogP contribution in [-0.2, 0) is 105 Å². The topological polar surface area (TPSA) is 307 Å². The maximum absolute atomic E-state index is 10.9. The van der Waals surface area contributed by atoms with Gasteiger partial charge >= 0.3 is 0 Å². The van der Waals surface area contributed by atoms with E-state index in [2.05, 4.69) is 0 Å². The van der Waals surface area contributed by atoms with Crippen LogP contribution in [0.5, 0.6) is 0 Å². The van der Waals surface area contributed by atoms with Gasteiger partial charge in [0.2, 0.25) is 0 Å². The van der Waals surface area contributed by atoms with E-state index >= 15 is 0 Å². The Hall–Kier alpha value is -1.62. The lowest BCUT2D eigenvalue weighted by Crippen LogP contribution is -2.37. The van der Waals surface area contributed by atoms with Gasteiger partial charge in [0.15, 0.2) is 29.5 Å². The fourth-order valence-electron chi connectivity index (χ4n) is 9.22. The summed E-state index contributed by atoms with van der Waals surface area (Å²) in [5, 5.41) is 0.934. The molecule has 0 radical (unpaired) electrons. The molecule has 9 rings (SSSR count). The molecule has 0 spiro atoms. The number of hydrogen-bond acceptors (Lipinski definition) is 21. The van der Waals surface area contributed by atoms with E-state index < -0.39 is 61.9 Å². The molecule has 4 atom stereocenters. The summed E-state index contributed by atoms with van der Waals surface area (Å²) in [4.78, 5) is 94.3. The number of rotatable bonds is 24. The van der Waals surface area contributed by atoms with Gasteiger partial charge in [0, 0.05) is 129 Å². The van der Waals surface area contributed by atoms with E-state index in [-0.39, 0.29) is 63.3 Å². The van der Waals surface area contributed by atoms with Crippen molar-refractivity contribution < 1.29 is 81.0 Å². The van der Waals surface area contributed by atoms with Crippen LogP contribution in [-0.4, -0.2) is 192 Å². The zero-order chi connectivity index (χ0) is 66.1. The molecule has 9 saturated heterocycles. The standard InChI is InChI=1S/2C7H12O3S.2C7H12O2S.2C7H12OS.C6H10O3S.C6H10O2S.C6H10OS/c1-6(8)2-3-7-4-11(9,10)5-7;1-6(8)2-3-7-4-5-11(7,9)10;1-6(8)2-3-7-4-10(9)5-7;1-6(8)2-3-7-4-5-10(7)9;1-6(8)2-3-7-4-9-5-7;1-6(8)2-3-7-4-5-9-7;1-5(7)2-6-3-10(8,9)4-6;1-5(7)2-6-3-9(8)4-6;1-5(7)2-6-3-8-4-6/h2*7H,2-5H2,1H3;2*7H,2-5H2,1H3;2*7H,2-5H2,1H3;6H,2-4H2,1H3;6H,2-4H2,1H3;6H,2-4H2,1H3. The Morgan fingerprint density at radius 3 is 1.03 bits per heavy atom. The van der Waals surface area contributed by atoms with Gasteiger partial charge in [-0.15, -0.1) is 0 Å². The van der Waals surface area contributed by atoms with Crippen molar-refractivity contribution in [3.05, 3.63) is 0 Å². The molecule has 9 fully saturated rings. The number of carbonyl (C=O) groups is 9. The summed E-state index contributed by atoms with van der Waals surface area (Å²) in [6.45, 7) is 14.3. The first-order valence-electron chi connectivity index (χ1n) is 30.4. The molecule has 0 aromatic carbocycles. The Labute approximate surface area is 541 Å². The third-order valence-electron chi connectivity index (χ3n) is 15.0. The minimum Gasteiger partial charge on any atom is -0.300 e. The fraction of sp³-hybridized carbons (Fsp3) is 0.850. The van der Waals surface area contributed by atoms with Gasteiger partial charge in [0.25, 0.3) is 0 Å². The first-order chi connectivity index (χ1) is 40.4. The highest BCUT2D eigenvalue weighted by atomic mass is 32.2. The molecule has 4 unspecified atom stereocenters. The van der Waals surface area contributed by atoms with Gasteiger partial charge in [0.05, 0.1) is 34.0 Å². The molecule has 0 aliphatic carbocycles. The summed E-state index contributed by atoms with van der Waals surface area (Å²) in [5.41, 5.74) is 0. The Bertz CT molecular complexity index is 2590. The summed E-state index contributed by atoms with van der Waals surface area (Å²) in [5.74, 6) is 16.6. The van der Waals surface area contributed by atoms with Gasteiger partial charge in [0.1, 0.15) is 52.0 Å². The lowest BCUT2D eigenvalue weighted by Gasteiger charge is -2.25. The van der Waals surface area contributed by atoms with E-state index in [4.69, 9.17) is 0 Å². The third kappa shape index (κ3) is 43.0. The predicted octanol–water partition coefficient (Wildman–Crippen LogP) is 7.82. The van der Waals surface area contributed by atoms with Crippen LogP contribution in [0.3, 0.4) is 0 Å². The van der Waals surface area contributed by atoms with E-state index in [1.54, 1.807) is 41.5 Å². The monoisotopic (exact) mass is 1400 g/mol. The zero-order valence-electron chi connectivity index (χ0n) is 53.1.